The average Bonchev–Trinajstić information content (AvgIpc) is 3.32. The number of carbonyl (C=O) groups excluding carboxylic acids is 1. The highest BCUT2D eigenvalue weighted by Gasteiger charge is 2.31. The molecule has 0 spiro atoms. The number of nitriles is 1. The van der Waals surface area contributed by atoms with Crippen LogP contribution in [0.3, 0.4) is 0 Å². The topological polar surface area (TPSA) is 71.2 Å². The maximum atomic E-state index is 12.5. The molecule has 4 rings (SSSR count). The van der Waals surface area contributed by atoms with Gasteiger partial charge in [-0.2, -0.15) is 10.4 Å². The summed E-state index contributed by atoms with van der Waals surface area (Å²) in [6.07, 6.45) is 2.48. The van der Waals surface area contributed by atoms with Crippen LogP contribution in [0.1, 0.15) is 34.6 Å². The molecule has 0 unspecified atom stereocenters. The van der Waals surface area contributed by atoms with Crippen molar-refractivity contribution < 1.29 is 9.53 Å². The molecule has 1 aromatic carbocycles. The van der Waals surface area contributed by atoms with Gasteiger partial charge in [-0.15, -0.1) is 0 Å². The van der Waals surface area contributed by atoms with Crippen LogP contribution in [-0.4, -0.2) is 33.7 Å². The highest BCUT2D eigenvalue weighted by Crippen LogP contribution is 2.30. The standard InChI is InChI=1S/C18H18N4O2/c19-10-14-2-1-3-16(8-14)24-12-15-9-17-18(23)21(11-13-4-5-13)6-7-22(17)20-15/h1-3,8-9,13H,4-7,11-12H2. The van der Waals surface area contributed by atoms with E-state index in [-0.39, 0.29) is 12.5 Å². The van der Waals surface area contributed by atoms with Crippen molar-refractivity contribution in [1.29, 1.82) is 5.26 Å². The Kier molecular flexibility index (Phi) is 3.69. The summed E-state index contributed by atoms with van der Waals surface area (Å²) in [5, 5.41) is 13.4. The number of ether oxygens (including phenoxy) is 1. The van der Waals surface area contributed by atoms with Gasteiger partial charge in [-0.25, -0.2) is 0 Å². The van der Waals surface area contributed by atoms with E-state index in [4.69, 9.17) is 10.00 Å². The van der Waals surface area contributed by atoms with E-state index in [1.807, 2.05) is 11.0 Å². The Morgan fingerprint density at radius 3 is 2.96 bits per heavy atom. The second-order valence-electron chi connectivity index (χ2n) is 6.37. The number of benzene rings is 1. The lowest BCUT2D eigenvalue weighted by Gasteiger charge is -2.27. The second-order valence-corrected chi connectivity index (χ2v) is 6.37. The predicted octanol–water partition coefficient (Wildman–Crippen LogP) is 2.20. The maximum Gasteiger partial charge on any atom is 0.272 e. The van der Waals surface area contributed by atoms with Gasteiger partial charge in [0.2, 0.25) is 0 Å². The van der Waals surface area contributed by atoms with Gasteiger partial charge in [-0.1, -0.05) is 6.07 Å². The van der Waals surface area contributed by atoms with Crippen LogP contribution in [0.25, 0.3) is 0 Å². The van der Waals surface area contributed by atoms with Crippen LogP contribution in [0.15, 0.2) is 30.3 Å². The lowest BCUT2D eigenvalue weighted by Crippen LogP contribution is -2.41. The van der Waals surface area contributed by atoms with Gasteiger partial charge in [-0.05, 0) is 43.0 Å². The van der Waals surface area contributed by atoms with Gasteiger partial charge in [0.1, 0.15) is 23.7 Å². The van der Waals surface area contributed by atoms with Gasteiger partial charge in [0.25, 0.3) is 5.91 Å². The number of nitrogens with zero attached hydrogens (tertiary/aromatic N) is 4. The number of hydrogen-bond donors (Lipinski definition) is 0. The number of carbonyl (C=O) groups is 1. The van der Waals surface area contributed by atoms with Gasteiger partial charge in [0.15, 0.2) is 0 Å². The zero-order valence-corrected chi connectivity index (χ0v) is 13.3. The van der Waals surface area contributed by atoms with Crippen molar-refractivity contribution in [2.45, 2.75) is 26.0 Å². The molecule has 2 aromatic rings. The predicted molar refractivity (Wildman–Crippen MR) is 86.3 cm³/mol. The third-order valence-corrected chi connectivity index (χ3v) is 4.44. The van der Waals surface area contributed by atoms with E-state index < -0.39 is 0 Å². The number of hydrogen-bond acceptors (Lipinski definition) is 4. The van der Waals surface area contributed by atoms with Gasteiger partial charge in [0, 0.05) is 13.1 Å². The Balaban J connectivity index is 1.44. The monoisotopic (exact) mass is 322 g/mol. The van der Waals surface area contributed by atoms with Gasteiger partial charge in [-0.3, -0.25) is 9.48 Å². The molecule has 0 atom stereocenters. The molecule has 1 amide bonds. The lowest BCUT2D eigenvalue weighted by atomic mass is 10.2. The van der Waals surface area contributed by atoms with Crippen molar-refractivity contribution >= 4 is 5.91 Å². The molecule has 1 fully saturated rings. The fourth-order valence-electron chi connectivity index (χ4n) is 2.96. The lowest BCUT2D eigenvalue weighted by molar-refractivity contribution is 0.0689. The Morgan fingerprint density at radius 2 is 2.17 bits per heavy atom. The molecule has 0 saturated heterocycles. The Hall–Kier alpha value is -2.81. The SMILES string of the molecule is N#Cc1cccc(OCc2cc3n(n2)CCN(CC2CC2)C3=O)c1. The van der Waals surface area contributed by atoms with E-state index in [0.29, 0.717) is 22.9 Å². The first-order valence-corrected chi connectivity index (χ1v) is 8.22. The van der Waals surface area contributed by atoms with Crippen LogP contribution in [-0.2, 0) is 13.2 Å². The van der Waals surface area contributed by atoms with E-state index in [9.17, 15) is 4.79 Å². The summed E-state index contributed by atoms with van der Waals surface area (Å²) >= 11 is 0. The number of aromatic nitrogens is 2. The molecule has 1 saturated carbocycles. The zero-order chi connectivity index (χ0) is 16.5. The first-order chi connectivity index (χ1) is 11.7. The molecule has 1 aromatic heterocycles. The first kappa shape index (κ1) is 14.8. The smallest absolute Gasteiger partial charge is 0.272 e. The summed E-state index contributed by atoms with van der Waals surface area (Å²) in [7, 11) is 0. The molecule has 2 heterocycles. The first-order valence-electron chi connectivity index (χ1n) is 8.22. The van der Waals surface area contributed by atoms with Crippen molar-refractivity contribution in [1.82, 2.24) is 14.7 Å². The summed E-state index contributed by atoms with van der Waals surface area (Å²) in [5.74, 6) is 1.39. The molecule has 0 radical (unpaired) electrons. The molecule has 0 bridgehead atoms. The van der Waals surface area contributed by atoms with E-state index in [1.165, 1.54) is 12.8 Å². The van der Waals surface area contributed by atoms with Crippen molar-refractivity contribution in [3.05, 3.63) is 47.3 Å². The molecule has 6 heteroatoms. The minimum Gasteiger partial charge on any atom is -0.487 e. The largest absolute Gasteiger partial charge is 0.487 e. The molecule has 0 N–H and O–H groups in total. The molecule has 122 valence electrons. The van der Waals surface area contributed by atoms with Gasteiger partial charge >= 0.3 is 0 Å². The summed E-state index contributed by atoms with van der Waals surface area (Å²) < 4.78 is 7.47. The molecular weight excluding hydrogens is 304 g/mol. The number of amides is 1. The third-order valence-electron chi connectivity index (χ3n) is 4.44. The molecule has 6 nitrogen and oxygen atoms in total. The fourth-order valence-corrected chi connectivity index (χ4v) is 2.96. The molecule has 2 aliphatic rings. The van der Waals surface area contributed by atoms with E-state index in [0.717, 1.165) is 25.3 Å². The fraction of sp³-hybridized carbons (Fsp3) is 0.389. The minimum atomic E-state index is 0.0679. The minimum absolute atomic E-state index is 0.0679. The van der Waals surface area contributed by atoms with Gasteiger partial charge < -0.3 is 9.64 Å². The molecule has 24 heavy (non-hydrogen) atoms. The highest BCUT2D eigenvalue weighted by molar-refractivity contribution is 5.93. The summed E-state index contributed by atoms with van der Waals surface area (Å²) in [6, 6.07) is 10.9. The van der Waals surface area contributed by atoms with Crippen molar-refractivity contribution in [2.75, 3.05) is 13.1 Å². The number of fused-ring (bicyclic) bond motifs is 1. The van der Waals surface area contributed by atoms with Crippen LogP contribution in [0, 0.1) is 17.2 Å². The van der Waals surface area contributed by atoms with Crippen LogP contribution in [0.5, 0.6) is 5.75 Å². The van der Waals surface area contributed by atoms with E-state index >= 15 is 0 Å². The normalized spacial score (nSPS) is 16.6. The van der Waals surface area contributed by atoms with Crippen LogP contribution in [0.2, 0.25) is 0 Å². The van der Waals surface area contributed by atoms with Crippen LogP contribution in [0.4, 0.5) is 0 Å². The zero-order valence-electron chi connectivity index (χ0n) is 13.3. The average molecular weight is 322 g/mol. The van der Waals surface area contributed by atoms with Crippen molar-refractivity contribution in [2.24, 2.45) is 5.92 Å². The molecule has 1 aliphatic heterocycles. The van der Waals surface area contributed by atoms with Gasteiger partial charge in [0.05, 0.1) is 18.2 Å². The van der Waals surface area contributed by atoms with Crippen molar-refractivity contribution in [3.63, 3.8) is 0 Å². The maximum absolute atomic E-state index is 12.5. The highest BCUT2D eigenvalue weighted by atomic mass is 16.5. The quantitative estimate of drug-likeness (QED) is 0.846. The Labute approximate surface area is 140 Å². The van der Waals surface area contributed by atoms with E-state index in [2.05, 4.69) is 11.2 Å². The second kappa shape index (κ2) is 6.00. The third kappa shape index (κ3) is 2.98. The molecular formula is C18H18N4O2. The van der Waals surface area contributed by atoms with E-state index in [1.54, 1.807) is 28.9 Å². The summed E-state index contributed by atoms with van der Waals surface area (Å²) in [5.41, 5.74) is 1.93. The number of rotatable bonds is 5. The molecule has 1 aliphatic carbocycles. The van der Waals surface area contributed by atoms with Crippen molar-refractivity contribution in [3.8, 4) is 11.8 Å². The Bertz CT molecular complexity index is 817. The Morgan fingerprint density at radius 1 is 1.29 bits per heavy atom. The summed E-state index contributed by atoms with van der Waals surface area (Å²) in [4.78, 5) is 14.5. The summed E-state index contributed by atoms with van der Waals surface area (Å²) in [6.45, 7) is 2.62. The van der Waals surface area contributed by atoms with Crippen LogP contribution >= 0.6 is 0 Å². The van der Waals surface area contributed by atoms with Crippen LogP contribution < -0.4 is 4.74 Å².